The van der Waals surface area contributed by atoms with Gasteiger partial charge in [-0.05, 0) is 35.9 Å². The summed E-state index contributed by atoms with van der Waals surface area (Å²) in [5.41, 5.74) is 1.38. The number of hydrogen-bond donors (Lipinski definition) is 3. The fraction of sp³-hybridized carbons (Fsp3) is 0.263. The van der Waals surface area contributed by atoms with Gasteiger partial charge in [-0.15, -0.1) is 0 Å². The summed E-state index contributed by atoms with van der Waals surface area (Å²) >= 11 is 3.45. The molecule has 0 aliphatic carbocycles. The zero-order chi connectivity index (χ0) is 18.6. The molecule has 132 valence electrons. The van der Waals surface area contributed by atoms with E-state index >= 15 is 0 Å². The van der Waals surface area contributed by atoms with Crippen LogP contribution >= 0.6 is 15.9 Å². The third kappa shape index (κ3) is 5.06. The number of phenolic OH excluding ortho intramolecular Hbond substituents is 1. The van der Waals surface area contributed by atoms with Crippen LogP contribution in [0.4, 0.5) is 5.69 Å². The minimum Gasteiger partial charge on any atom is -0.507 e. The highest BCUT2D eigenvalue weighted by Gasteiger charge is 2.23. The van der Waals surface area contributed by atoms with E-state index in [1.54, 1.807) is 6.07 Å². The number of rotatable bonds is 5. The van der Waals surface area contributed by atoms with Gasteiger partial charge < -0.3 is 15.7 Å². The van der Waals surface area contributed by atoms with Crippen LogP contribution in [0.1, 0.15) is 36.7 Å². The number of phenols is 1. The van der Waals surface area contributed by atoms with Gasteiger partial charge in [-0.1, -0.05) is 41.9 Å². The fourth-order valence-electron chi connectivity index (χ4n) is 2.41. The lowest BCUT2D eigenvalue weighted by Crippen LogP contribution is -2.36. The molecule has 0 atom stereocenters. The molecule has 6 heteroatoms. The van der Waals surface area contributed by atoms with E-state index in [0.29, 0.717) is 12.2 Å². The van der Waals surface area contributed by atoms with Gasteiger partial charge in [0.1, 0.15) is 5.75 Å². The topological polar surface area (TPSA) is 78.4 Å². The Morgan fingerprint density at radius 2 is 1.88 bits per heavy atom. The molecule has 0 aromatic heterocycles. The SMILES string of the molecule is CC(=O)Nc1ccc(O)c(C(=O)NCC(C)(C)c2cccc(Br)c2)c1. The van der Waals surface area contributed by atoms with Gasteiger partial charge in [0, 0.05) is 29.0 Å². The molecule has 0 saturated carbocycles. The molecule has 25 heavy (non-hydrogen) atoms. The van der Waals surface area contributed by atoms with Gasteiger partial charge in [0.15, 0.2) is 0 Å². The Morgan fingerprint density at radius 3 is 2.52 bits per heavy atom. The van der Waals surface area contributed by atoms with E-state index in [4.69, 9.17) is 0 Å². The van der Waals surface area contributed by atoms with Gasteiger partial charge in [-0.25, -0.2) is 0 Å². The Bertz CT molecular complexity index is 803. The zero-order valence-electron chi connectivity index (χ0n) is 14.4. The first kappa shape index (κ1) is 19.0. The second kappa shape index (κ2) is 7.70. The standard InChI is InChI=1S/C19H21BrN2O3/c1-12(23)22-15-7-8-17(24)16(10-15)18(25)21-11-19(2,3)13-5-4-6-14(20)9-13/h4-10,24H,11H2,1-3H3,(H,21,25)(H,22,23). The minimum absolute atomic E-state index is 0.122. The zero-order valence-corrected chi connectivity index (χ0v) is 16.0. The van der Waals surface area contributed by atoms with Crippen molar-refractivity contribution >= 4 is 33.4 Å². The second-order valence-electron chi connectivity index (χ2n) is 6.49. The smallest absolute Gasteiger partial charge is 0.255 e. The van der Waals surface area contributed by atoms with Crippen LogP contribution in [-0.2, 0) is 10.2 Å². The number of hydrogen-bond acceptors (Lipinski definition) is 3. The summed E-state index contributed by atoms with van der Waals surface area (Å²) in [5.74, 6) is -0.771. The van der Waals surface area contributed by atoms with E-state index in [-0.39, 0.29) is 22.6 Å². The van der Waals surface area contributed by atoms with Crippen molar-refractivity contribution in [2.75, 3.05) is 11.9 Å². The molecule has 5 nitrogen and oxygen atoms in total. The maximum Gasteiger partial charge on any atom is 0.255 e. The average Bonchev–Trinajstić information content (AvgIpc) is 2.54. The summed E-state index contributed by atoms with van der Waals surface area (Å²) in [4.78, 5) is 23.6. The first-order chi connectivity index (χ1) is 11.7. The molecular weight excluding hydrogens is 384 g/mol. The van der Waals surface area contributed by atoms with Crippen molar-refractivity contribution in [3.63, 3.8) is 0 Å². The van der Waals surface area contributed by atoms with Crippen molar-refractivity contribution in [1.82, 2.24) is 5.32 Å². The van der Waals surface area contributed by atoms with E-state index in [1.165, 1.54) is 19.1 Å². The molecule has 2 amide bonds. The summed E-state index contributed by atoms with van der Waals surface area (Å²) in [6, 6.07) is 12.3. The maximum atomic E-state index is 12.5. The minimum atomic E-state index is -0.396. The monoisotopic (exact) mass is 404 g/mol. The average molecular weight is 405 g/mol. The highest BCUT2D eigenvalue weighted by molar-refractivity contribution is 9.10. The lowest BCUT2D eigenvalue weighted by atomic mass is 9.84. The summed E-state index contributed by atoms with van der Waals surface area (Å²) in [5, 5.41) is 15.4. The summed E-state index contributed by atoms with van der Waals surface area (Å²) in [6.45, 7) is 5.84. The molecule has 0 heterocycles. The molecular formula is C19H21BrN2O3. The molecule has 0 bridgehead atoms. The number of halogens is 1. The molecule has 0 unspecified atom stereocenters. The Morgan fingerprint density at radius 1 is 1.16 bits per heavy atom. The Labute approximate surface area is 155 Å². The van der Waals surface area contributed by atoms with Gasteiger partial charge in [-0.2, -0.15) is 0 Å². The Balaban J connectivity index is 2.13. The molecule has 2 rings (SSSR count). The van der Waals surface area contributed by atoms with E-state index in [0.717, 1.165) is 10.0 Å². The van der Waals surface area contributed by atoms with Crippen molar-refractivity contribution in [2.24, 2.45) is 0 Å². The second-order valence-corrected chi connectivity index (χ2v) is 7.41. The molecule has 0 saturated heterocycles. The predicted molar refractivity (Wildman–Crippen MR) is 102 cm³/mol. The molecule has 0 fully saturated rings. The van der Waals surface area contributed by atoms with Gasteiger partial charge in [0.05, 0.1) is 5.56 Å². The molecule has 0 radical (unpaired) electrons. The number of benzene rings is 2. The van der Waals surface area contributed by atoms with Crippen molar-refractivity contribution in [3.05, 3.63) is 58.1 Å². The van der Waals surface area contributed by atoms with E-state index < -0.39 is 5.91 Å². The lowest BCUT2D eigenvalue weighted by Gasteiger charge is -2.26. The quantitative estimate of drug-likeness (QED) is 0.662. The number of amides is 2. The molecule has 0 spiro atoms. The van der Waals surface area contributed by atoms with E-state index in [2.05, 4.69) is 26.6 Å². The molecule has 0 aliphatic rings. The summed E-state index contributed by atoms with van der Waals surface area (Å²) in [7, 11) is 0. The third-order valence-electron chi connectivity index (χ3n) is 3.86. The summed E-state index contributed by atoms with van der Waals surface area (Å²) in [6.07, 6.45) is 0. The number of carbonyl (C=O) groups is 2. The molecule has 3 N–H and O–H groups in total. The highest BCUT2D eigenvalue weighted by Crippen LogP contribution is 2.26. The van der Waals surface area contributed by atoms with Crippen molar-refractivity contribution in [1.29, 1.82) is 0 Å². The number of nitrogens with one attached hydrogen (secondary N) is 2. The number of anilines is 1. The van der Waals surface area contributed by atoms with Gasteiger partial charge in [0.25, 0.3) is 5.91 Å². The maximum absolute atomic E-state index is 12.5. The fourth-order valence-corrected chi connectivity index (χ4v) is 2.81. The van der Waals surface area contributed by atoms with Crippen LogP contribution in [0.3, 0.4) is 0 Å². The van der Waals surface area contributed by atoms with E-state index in [9.17, 15) is 14.7 Å². The van der Waals surface area contributed by atoms with E-state index in [1.807, 2.05) is 38.1 Å². The third-order valence-corrected chi connectivity index (χ3v) is 4.35. The van der Waals surface area contributed by atoms with Crippen molar-refractivity contribution in [3.8, 4) is 5.75 Å². The van der Waals surface area contributed by atoms with Crippen LogP contribution < -0.4 is 10.6 Å². The predicted octanol–water partition coefficient (Wildman–Crippen LogP) is 3.82. The van der Waals surface area contributed by atoms with Crippen LogP contribution in [0.25, 0.3) is 0 Å². The number of aromatic hydroxyl groups is 1. The van der Waals surface area contributed by atoms with Crippen LogP contribution in [0.15, 0.2) is 46.9 Å². The molecule has 0 aliphatic heterocycles. The van der Waals surface area contributed by atoms with Crippen LogP contribution in [0, 0.1) is 0 Å². The van der Waals surface area contributed by atoms with Gasteiger partial charge in [-0.3, -0.25) is 9.59 Å². The van der Waals surface area contributed by atoms with Crippen LogP contribution in [-0.4, -0.2) is 23.5 Å². The number of carbonyl (C=O) groups excluding carboxylic acids is 2. The van der Waals surface area contributed by atoms with Crippen LogP contribution in [0.5, 0.6) is 5.75 Å². The molecule has 2 aromatic rings. The highest BCUT2D eigenvalue weighted by atomic mass is 79.9. The largest absolute Gasteiger partial charge is 0.507 e. The van der Waals surface area contributed by atoms with Gasteiger partial charge >= 0.3 is 0 Å². The van der Waals surface area contributed by atoms with Crippen molar-refractivity contribution in [2.45, 2.75) is 26.2 Å². The normalized spacial score (nSPS) is 11.0. The summed E-state index contributed by atoms with van der Waals surface area (Å²) < 4.78 is 0.977. The molecule has 2 aromatic carbocycles. The Kier molecular flexibility index (Phi) is 5.85. The van der Waals surface area contributed by atoms with Gasteiger partial charge in [0.2, 0.25) is 5.91 Å². The first-order valence-corrected chi connectivity index (χ1v) is 8.63. The Hall–Kier alpha value is -2.34. The first-order valence-electron chi connectivity index (χ1n) is 7.84. The van der Waals surface area contributed by atoms with Crippen LogP contribution in [0.2, 0.25) is 0 Å². The lowest BCUT2D eigenvalue weighted by molar-refractivity contribution is -0.114. The van der Waals surface area contributed by atoms with Crippen molar-refractivity contribution < 1.29 is 14.7 Å².